The number of nitrogens with one attached hydrogen (secondary N) is 1. The molecular formula is C22H22ClN5O3S. The molecule has 8 nitrogen and oxygen atoms in total. The number of anilines is 2. The number of halogens is 1. The number of carbonyl (C=O) groups excluding carboxylic acids is 1. The minimum atomic E-state index is -3.77. The van der Waals surface area contributed by atoms with Crippen LogP contribution in [-0.2, 0) is 14.8 Å². The van der Waals surface area contributed by atoms with Crippen molar-refractivity contribution in [2.75, 3.05) is 23.3 Å². The number of rotatable bonds is 5. The molecule has 1 aliphatic heterocycles. The van der Waals surface area contributed by atoms with Crippen LogP contribution in [0.1, 0.15) is 12.8 Å². The zero-order chi connectivity index (χ0) is 22.7. The first-order chi connectivity index (χ1) is 15.3. The lowest BCUT2D eigenvalue weighted by Gasteiger charge is -2.32. The van der Waals surface area contributed by atoms with Crippen LogP contribution in [0.5, 0.6) is 0 Å². The van der Waals surface area contributed by atoms with E-state index in [1.165, 1.54) is 24.3 Å². The van der Waals surface area contributed by atoms with E-state index in [1.807, 2.05) is 36.4 Å². The second kappa shape index (κ2) is 9.23. The molecule has 1 aliphatic rings. The smallest absolute Gasteiger partial charge is 0.238 e. The standard InChI is InChI=1S/C22H22ClN5O3S/c23-17-5-3-15(4-6-17)20-11-12-21(27-26-20)28-13-1-2-16(14-28)22(29)25-18-7-9-19(10-8-18)32(24,30)31/h3-12,16H,1-2,13-14H2,(H,25,29)(H2,24,30,31)/t16-/m0/s1. The third-order valence-corrected chi connectivity index (χ3v) is 6.54. The van der Waals surface area contributed by atoms with E-state index in [2.05, 4.69) is 20.4 Å². The molecule has 0 aliphatic carbocycles. The van der Waals surface area contributed by atoms with Crippen molar-refractivity contribution >= 4 is 39.0 Å². The molecule has 1 aromatic heterocycles. The van der Waals surface area contributed by atoms with Gasteiger partial charge in [0.2, 0.25) is 15.9 Å². The molecule has 0 spiro atoms. The Balaban J connectivity index is 1.40. The van der Waals surface area contributed by atoms with Gasteiger partial charge in [0.25, 0.3) is 0 Å². The van der Waals surface area contributed by atoms with Gasteiger partial charge in [-0.2, -0.15) is 0 Å². The Morgan fingerprint density at radius 2 is 1.75 bits per heavy atom. The summed E-state index contributed by atoms with van der Waals surface area (Å²) in [6.07, 6.45) is 1.61. The molecule has 1 saturated heterocycles. The van der Waals surface area contributed by atoms with Crippen molar-refractivity contribution in [2.45, 2.75) is 17.7 Å². The average molecular weight is 472 g/mol. The largest absolute Gasteiger partial charge is 0.354 e. The molecule has 1 atom stereocenters. The van der Waals surface area contributed by atoms with Crippen LogP contribution < -0.4 is 15.4 Å². The lowest BCUT2D eigenvalue weighted by molar-refractivity contribution is -0.120. The predicted molar refractivity (Wildman–Crippen MR) is 124 cm³/mol. The molecule has 166 valence electrons. The van der Waals surface area contributed by atoms with Crippen LogP contribution in [0, 0.1) is 5.92 Å². The van der Waals surface area contributed by atoms with Gasteiger partial charge in [-0.05, 0) is 61.4 Å². The minimum absolute atomic E-state index is 0.0000352. The quantitative estimate of drug-likeness (QED) is 0.589. The molecule has 3 N–H and O–H groups in total. The summed E-state index contributed by atoms with van der Waals surface area (Å²) in [6, 6.07) is 17.0. The Morgan fingerprint density at radius 1 is 1.03 bits per heavy atom. The molecule has 2 heterocycles. The summed E-state index contributed by atoms with van der Waals surface area (Å²) >= 11 is 5.94. The van der Waals surface area contributed by atoms with Crippen LogP contribution in [0.2, 0.25) is 5.02 Å². The number of aromatic nitrogens is 2. The number of hydrogen-bond acceptors (Lipinski definition) is 6. The molecule has 0 unspecified atom stereocenters. The Labute approximate surface area is 191 Å². The highest BCUT2D eigenvalue weighted by Crippen LogP contribution is 2.25. The zero-order valence-electron chi connectivity index (χ0n) is 17.1. The van der Waals surface area contributed by atoms with Crippen molar-refractivity contribution in [3.8, 4) is 11.3 Å². The first-order valence-electron chi connectivity index (χ1n) is 10.1. The van der Waals surface area contributed by atoms with Crippen molar-refractivity contribution in [3.63, 3.8) is 0 Å². The van der Waals surface area contributed by atoms with Crippen molar-refractivity contribution in [2.24, 2.45) is 11.1 Å². The Kier molecular flexibility index (Phi) is 6.40. The summed E-state index contributed by atoms with van der Waals surface area (Å²) in [5, 5.41) is 17.3. The van der Waals surface area contributed by atoms with Gasteiger partial charge in [0.15, 0.2) is 5.82 Å². The number of sulfonamides is 1. The Bertz CT molecular complexity index is 1200. The maximum Gasteiger partial charge on any atom is 0.238 e. The number of primary sulfonamides is 1. The van der Waals surface area contributed by atoms with Crippen molar-refractivity contribution in [1.29, 1.82) is 0 Å². The number of benzene rings is 2. The van der Waals surface area contributed by atoms with Crippen LogP contribution in [0.4, 0.5) is 11.5 Å². The molecule has 4 rings (SSSR count). The van der Waals surface area contributed by atoms with E-state index in [9.17, 15) is 13.2 Å². The molecule has 1 fully saturated rings. The Morgan fingerprint density at radius 3 is 2.38 bits per heavy atom. The summed E-state index contributed by atoms with van der Waals surface area (Å²) in [6.45, 7) is 1.32. The zero-order valence-corrected chi connectivity index (χ0v) is 18.7. The van der Waals surface area contributed by atoms with E-state index in [1.54, 1.807) is 0 Å². The summed E-state index contributed by atoms with van der Waals surface area (Å²) in [5.41, 5.74) is 2.20. The third-order valence-electron chi connectivity index (χ3n) is 5.36. The van der Waals surface area contributed by atoms with Crippen molar-refractivity contribution in [3.05, 3.63) is 65.7 Å². The maximum atomic E-state index is 12.8. The molecule has 0 bridgehead atoms. The van der Waals surface area contributed by atoms with Gasteiger partial charge in [-0.3, -0.25) is 4.79 Å². The molecule has 0 saturated carbocycles. The highest BCUT2D eigenvalue weighted by molar-refractivity contribution is 7.89. The first kappa shape index (κ1) is 22.2. The van der Waals surface area contributed by atoms with Gasteiger partial charge in [0.1, 0.15) is 0 Å². The summed E-state index contributed by atoms with van der Waals surface area (Å²) < 4.78 is 22.7. The Hall–Kier alpha value is -3.01. The van der Waals surface area contributed by atoms with Crippen molar-refractivity contribution in [1.82, 2.24) is 10.2 Å². The summed E-state index contributed by atoms with van der Waals surface area (Å²) in [5.74, 6) is 0.376. The molecule has 2 aromatic carbocycles. The number of hydrogen-bond donors (Lipinski definition) is 2. The van der Waals surface area contributed by atoms with Gasteiger partial charge < -0.3 is 10.2 Å². The van der Waals surface area contributed by atoms with E-state index < -0.39 is 10.0 Å². The van der Waals surface area contributed by atoms with Gasteiger partial charge in [-0.15, -0.1) is 10.2 Å². The number of nitrogens with zero attached hydrogens (tertiary/aromatic N) is 3. The summed E-state index contributed by atoms with van der Waals surface area (Å²) in [7, 11) is -3.77. The number of amides is 1. The first-order valence-corrected chi connectivity index (χ1v) is 12.0. The van der Waals surface area contributed by atoms with Gasteiger partial charge in [0.05, 0.1) is 16.5 Å². The second-order valence-corrected chi connectivity index (χ2v) is 9.63. The normalized spacial score (nSPS) is 16.6. The monoisotopic (exact) mass is 471 g/mol. The van der Waals surface area contributed by atoms with Crippen LogP contribution in [0.25, 0.3) is 11.3 Å². The average Bonchev–Trinajstić information content (AvgIpc) is 2.79. The fourth-order valence-corrected chi connectivity index (χ4v) is 4.28. The fraction of sp³-hybridized carbons (Fsp3) is 0.227. The molecule has 32 heavy (non-hydrogen) atoms. The molecular weight excluding hydrogens is 450 g/mol. The fourth-order valence-electron chi connectivity index (χ4n) is 3.64. The van der Waals surface area contributed by atoms with Crippen molar-refractivity contribution < 1.29 is 13.2 Å². The highest BCUT2D eigenvalue weighted by Gasteiger charge is 2.27. The molecule has 10 heteroatoms. The maximum absolute atomic E-state index is 12.8. The van der Waals surface area contributed by atoms with Gasteiger partial charge in [-0.25, -0.2) is 13.6 Å². The van der Waals surface area contributed by atoms with E-state index in [4.69, 9.17) is 16.7 Å². The SMILES string of the molecule is NS(=O)(=O)c1ccc(NC(=O)[C@H]2CCCN(c3ccc(-c4ccc(Cl)cc4)nn3)C2)cc1. The van der Waals surface area contributed by atoms with E-state index in [0.29, 0.717) is 17.3 Å². The van der Waals surface area contributed by atoms with Gasteiger partial charge in [0, 0.05) is 29.4 Å². The second-order valence-electron chi connectivity index (χ2n) is 7.63. The number of nitrogens with two attached hydrogens (primary N) is 1. The third kappa shape index (κ3) is 5.24. The molecule has 3 aromatic rings. The van der Waals surface area contributed by atoms with E-state index in [0.717, 1.165) is 36.5 Å². The number of carbonyl (C=O) groups is 1. The molecule has 1 amide bonds. The van der Waals surface area contributed by atoms with Crippen LogP contribution in [0.3, 0.4) is 0 Å². The number of piperidine rings is 1. The lowest BCUT2D eigenvalue weighted by atomic mass is 9.97. The van der Waals surface area contributed by atoms with Gasteiger partial charge in [-0.1, -0.05) is 23.7 Å². The predicted octanol–water partition coefficient (Wildman–Crippen LogP) is 3.30. The highest BCUT2D eigenvalue weighted by atomic mass is 35.5. The van der Waals surface area contributed by atoms with Crippen LogP contribution in [0.15, 0.2) is 65.6 Å². The van der Waals surface area contributed by atoms with E-state index >= 15 is 0 Å². The van der Waals surface area contributed by atoms with E-state index in [-0.39, 0.29) is 16.7 Å². The van der Waals surface area contributed by atoms with Crippen LogP contribution >= 0.6 is 11.6 Å². The summed E-state index contributed by atoms with van der Waals surface area (Å²) in [4.78, 5) is 14.8. The van der Waals surface area contributed by atoms with Crippen LogP contribution in [-0.4, -0.2) is 37.6 Å². The minimum Gasteiger partial charge on any atom is -0.354 e. The topological polar surface area (TPSA) is 118 Å². The lowest BCUT2D eigenvalue weighted by Crippen LogP contribution is -2.41. The van der Waals surface area contributed by atoms with Gasteiger partial charge >= 0.3 is 0 Å². The molecule has 0 radical (unpaired) electrons.